The summed E-state index contributed by atoms with van der Waals surface area (Å²) in [7, 11) is 0. The molecular weight excluding hydrogens is 757 g/mol. The van der Waals surface area contributed by atoms with Gasteiger partial charge in [0, 0.05) is 17.1 Å². The Morgan fingerprint density at radius 2 is 0.900 bits per heavy atom. The lowest BCUT2D eigenvalue weighted by Gasteiger charge is -2.32. The summed E-state index contributed by atoms with van der Waals surface area (Å²) in [5.74, 6) is -1.13. The van der Waals surface area contributed by atoms with Crippen LogP contribution in [0.2, 0.25) is 0 Å². The summed E-state index contributed by atoms with van der Waals surface area (Å²) in [6.07, 6.45) is 14.2. The highest BCUT2D eigenvalue weighted by atomic mass is 16.5. The first kappa shape index (κ1) is 47.3. The van der Waals surface area contributed by atoms with Gasteiger partial charge in [-0.05, 0) is 110 Å². The predicted octanol–water partition coefficient (Wildman–Crippen LogP) is 11.0. The third-order valence-corrected chi connectivity index (χ3v) is 11.0. The van der Waals surface area contributed by atoms with Crippen molar-refractivity contribution in [1.82, 2.24) is 5.32 Å². The number of guanidine groups is 1. The Balaban J connectivity index is 1.51. The number of carbonyl (C=O) groups excluding carboxylic acids is 3. The van der Waals surface area contributed by atoms with Gasteiger partial charge < -0.3 is 35.5 Å². The number of nitrogens with zero attached hydrogens (tertiary/aromatic N) is 2. The molecule has 60 heavy (non-hydrogen) atoms. The monoisotopic (exact) mass is 825 g/mol. The lowest BCUT2D eigenvalue weighted by atomic mass is 10.0. The topological polar surface area (TPSA) is 152 Å². The van der Waals surface area contributed by atoms with Crippen LogP contribution in [0.4, 0.5) is 17.1 Å². The number of unbranched alkanes of at least 4 members (excludes halogenated alkanes) is 3. The maximum atomic E-state index is 13.0. The second-order valence-corrected chi connectivity index (χ2v) is 15.7. The van der Waals surface area contributed by atoms with E-state index in [1.54, 1.807) is 72.8 Å². The van der Waals surface area contributed by atoms with Crippen molar-refractivity contribution < 1.29 is 28.6 Å². The van der Waals surface area contributed by atoms with E-state index in [4.69, 9.17) is 24.2 Å². The van der Waals surface area contributed by atoms with Gasteiger partial charge in [0.25, 0.3) is 0 Å². The van der Waals surface area contributed by atoms with Gasteiger partial charge in [0.1, 0.15) is 0 Å². The molecule has 12 heteroatoms. The van der Waals surface area contributed by atoms with E-state index in [1.807, 2.05) is 0 Å². The molecule has 3 aromatic carbocycles. The Bertz CT molecular complexity index is 1730. The van der Waals surface area contributed by atoms with Crippen LogP contribution in [0.5, 0.6) is 0 Å². The van der Waals surface area contributed by atoms with Gasteiger partial charge in [-0.25, -0.2) is 19.4 Å². The highest BCUT2D eigenvalue weighted by Crippen LogP contribution is 2.26. The number of anilines is 3. The first-order valence-electron chi connectivity index (χ1n) is 22.2. The molecule has 3 atom stereocenters. The van der Waals surface area contributed by atoms with Crippen molar-refractivity contribution in [3.63, 3.8) is 0 Å². The highest BCUT2D eigenvalue weighted by molar-refractivity contribution is 6.02. The van der Waals surface area contributed by atoms with Gasteiger partial charge in [-0.15, -0.1) is 0 Å². The number of benzene rings is 3. The Morgan fingerprint density at radius 1 is 0.550 bits per heavy atom. The van der Waals surface area contributed by atoms with E-state index in [0.29, 0.717) is 77.3 Å². The van der Waals surface area contributed by atoms with Crippen molar-refractivity contribution in [2.24, 2.45) is 27.7 Å². The summed E-state index contributed by atoms with van der Waals surface area (Å²) in [5.41, 5.74) is 3.30. The summed E-state index contributed by atoms with van der Waals surface area (Å²) < 4.78 is 17.0. The first-order chi connectivity index (χ1) is 29.1. The SMILES string of the molecule is CCCCC(CC)COC(=O)c1ccc(NC2=NC(Nc3ccc(C(=O)OCC(CC)CCCC)cc3)(Nc3ccc(C(=O)OCC(CC)CCCC)cc3)N=CN2)cc1. The molecule has 4 N–H and O–H groups in total. The summed E-state index contributed by atoms with van der Waals surface area (Å²) in [6, 6.07) is 21.0. The van der Waals surface area contributed by atoms with Crippen LogP contribution < -0.4 is 21.3 Å². The molecular formula is C48H68N6O6. The van der Waals surface area contributed by atoms with Crippen LogP contribution in [-0.4, -0.2) is 55.9 Å². The molecule has 326 valence electrons. The lowest BCUT2D eigenvalue weighted by Crippen LogP contribution is -2.50. The molecule has 0 saturated heterocycles. The Morgan fingerprint density at radius 3 is 1.23 bits per heavy atom. The van der Waals surface area contributed by atoms with E-state index in [1.165, 1.54) is 6.34 Å². The molecule has 3 aromatic rings. The maximum Gasteiger partial charge on any atom is 0.338 e. The molecule has 0 aliphatic carbocycles. The third kappa shape index (κ3) is 15.3. The predicted molar refractivity (Wildman–Crippen MR) is 243 cm³/mol. The normalized spacial score (nSPS) is 16.1. The van der Waals surface area contributed by atoms with Gasteiger partial charge >= 0.3 is 23.8 Å². The molecule has 1 heterocycles. The average molecular weight is 825 g/mol. The zero-order valence-electron chi connectivity index (χ0n) is 36.7. The van der Waals surface area contributed by atoms with Crippen LogP contribution >= 0.6 is 0 Å². The zero-order chi connectivity index (χ0) is 43.2. The fraction of sp³-hybridized carbons (Fsp3) is 0.521. The molecule has 0 spiro atoms. The van der Waals surface area contributed by atoms with Crippen molar-refractivity contribution in [3.05, 3.63) is 89.5 Å². The van der Waals surface area contributed by atoms with Crippen LogP contribution in [0, 0.1) is 17.8 Å². The number of rotatable bonds is 26. The van der Waals surface area contributed by atoms with Gasteiger partial charge in [0.05, 0.1) is 42.8 Å². The van der Waals surface area contributed by atoms with Crippen LogP contribution in [-0.2, 0) is 14.2 Å². The third-order valence-electron chi connectivity index (χ3n) is 11.0. The molecule has 1 aliphatic heterocycles. The molecule has 0 bridgehead atoms. The van der Waals surface area contributed by atoms with Gasteiger partial charge in [0.2, 0.25) is 5.96 Å². The lowest BCUT2D eigenvalue weighted by molar-refractivity contribution is 0.0419. The summed E-state index contributed by atoms with van der Waals surface area (Å²) >= 11 is 0. The van der Waals surface area contributed by atoms with Crippen molar-refractivity contribution in [2.45, 2.75) is 125 Å². The second kappa shape index (κ2) is 25.3. The molecule has 0 amide bonds. The van der Waals surface area contributed by atoms with Crippen LogP contribution in [0.3, 0.4) is 0 Å². The highest BCUT2D eigenvalue weighted by Gasteiger charge is 2.32. The molecule has 0 aromatic heterocycles. The number of carbonyl (C=O) groups is 3. The minimum atomic E-state index is -1.46. The minimum Gasteiger partial charge on any atom is -0.462 e. The molecule has 3 unspecified atom stereocenters. The van der Waals surface area contributed by atoms with Gasteiger partial charge in [-0.2, -0.15) is 4.99 Å². The quantitative estimate of drug-likeness (QED) is 0.0350. The van der Waals surface area contributed by atoms with Crippen molar-refractivity contribution in [1.29, 1.82) is 0 Å². The first-order valence-corrected chi connectivity index (χ1v) is 22.2. The van der Waals surface area contributed by atoms with Crippen LogP contribution in [0.1, 0.15) is 150 Å². The molecule has 4 rings (SSSR count). The Labute approximate surface area is 357 Å². The standard InChI is InChI=1S/C48H68N6O6/c1-7-13-16-35(10-4)31-58-44(55)38-19-25-41(26-20-38)51-47-49-34-50-48(54-47,52-42-27-21-39(22-28-42)45(56)59-32-36(11-5)17-14-8-2)53-43-29-23-40(24-30-43)46(57)60-33-37(12-6)18-15-9-3/h19-30,34-37,52-53H,7-18,31-33H2,1-6H3,(H2,49,50,51,54). The van der Waals surface area contributed by atoms with Gasteiger partial charge in [-0.3, -0.25) is 0 Å². The number of nitrogens with one attached hydrogen (secondary N) is 4. The second-order valence-electron chi connectivity index (χ2n) is 15.7. The molecule has 0 fully saturated rings. The summed E-state index contributed by atoms with van der Waals surface area (Å²) in [4.78, 5) is 48.4. The fourth-order valence-corrected chi connectivity index (χ4v) is 6.76. The van der Waals surface area contributed by atoms with E-state index >= 15 is 0 Å². The van der Waals surface area contributed by atoms with E-state index in [9.17, 15) is 14.4 Å². The van der Waals surface area contributed by atoms with E-state index in [0.717, 1.165) is 77.0 Å². The Kier molecular flexibility index (Phi) is 19.9. The number of esters is 3. The average Bonchev–Trinajstić information content (AvgIpc) is 3.27. The minimum absolute atomic E-state index is 0.344. The molecule has 1 aliphatic rings. The molecule has 0 saturated carbocycles. The number of ether oxygens (including phenoxy) is 3. The van der Waals surface area contributed by atoms with E-state index in [2.05, 4.69) is 62.8 Å². The molecule has 0 radical (unpaired) electrons. The molecule has 12 nitrogen and oxygen atoms in total. The van der Waals surface area contributed by atoms with Crippen LogP contribution in [0.15, 0.2) is 82.8 Å². The zero-order valence-corrected chi connectivity index (χ0v) is 36.7. The van der Waals surface area contributed by atoms with E-state index in [-0.39, 0.29) is 17.9 Å². The fourth-order valence-electron chi connectivity index (χ4n) is 6.76. The number of hydrogen-bond acceptors (Lipinski definition) is 12. The summed E-state index contributed by atoms with van der Waals surface area (Å²) in [5, 5.41) is 13.1. The largest absolute Gasteiger partial charge is 0.462 e. The van der Waals surface area contributed by atoms with Gasteiger partial charge in [-0.1, -0.05) is 99.3 Å². The van der Waals surface area contributed by atoms with Gasteiger partial charge in [0.15, 0.2) is 0 Å². The maximum absolute atomic E-state index is 13.0. The van der Waals surface area contributed by atoms with Crippen LogP contribution in [0.25, 0.3) is 0 Å². The number of hydrogen-bond donors (Lipinski definition) is 4. The van der Waals surface area contributed by atoms with Crippen molar-refractivity contribution in [2.75, 3.05) is 35.8 Å². The van der Waals surface area contributed by atoms with Crippen molar-refractivity contribution >= 4 is 47.3 Å². The Hall–Kier alpha value is -5.39. The summed E-state index contributed by atoms with van der Waals surface area (Å²) in [6.45, 7) is 14.1. The number of aliphatic imine (C=N–C) groups is 2. The smallest absolute Gasteiger partial charge is 0.338 e. The van der Waals surface area contributed by atoms with E-state index < -0.39 is 5.91 Å². The van der Waals surface area contributed by atoms with Crippen molar-refractivity contribution in [3.8, 4) is 0 Å².